The topological polar surface area (TPSA) is 136 Å². The lowest BCUT2D eigenvalue weighted by molar-refractivity contribution is -0.114. The number of aromatic nitrogens is 1. The Hall–Kier alpha value is -3.69. The molecule has 0 saturated carbocycles. The lowest BCUT2D eigenvalue weighted by Crippen LogP contribution is -2.39. The molecule has 1 heterocycles. The molecule has 7 N–H and O–H groups in total. The molecule has 0 aliphatic heterocycles. The molecule has 0 unspecified atom stereocenters. The summed E-state index contributed by atoms with van der Waals surface area (Å²) in [4.78, 5) is 15.4. The van der Waals surface area contributed by atoms with Crippen LogP contribution in [0.2, 0.25) is 0 Å². The van der Waals surface area contributed by atoms with E-state index in [9.17, 15) is 9.18 Å². The number of anilines is 2. The molecule has 2 aromatic rings. The number of nitrogen functional groups attached to an aromatic ring is 1. The Morgan fingerprint density at radius 2 is 2.00 bits per heavy atom. The molecule has 0 spiro atoms. The van der Waals surface area contributed by atoms with Crippen LogP contribution in [0.3, 0.4) is 0 Å². The van der Waals surface area contributed by atoms with Gasteiger partial charge in [0, 0.05) is 30.3 Å². The van der Waals surface area contributed by atoms with Gasteiger partial charge in [-0.25, -0.2) is 15.2 Å². The van der Waals surface area contributed by atoms with Crippen LogP contribution in [0.4, 0.5) is 15.9 Å². The fraction of sp³-hybridized carbons (Fsp3) is 0.136. The first-order valence-corrected chi connectivity index (χ1v) is 9.99. The average molecular weight is 458 g/mol. The van der Waals surface area contributed by atoms with Gasteiger partial charge in [-0.15, -0.1) is 11.6 Å². The van der Waals surface area contributed by atoms with Gasteiger partial charge in [0.05, 0.1) is 11.3 Å². The van der Waals surface area contributed by atoms with Crippen LogP contribution in [-0.2, 0) is 4.79 Å². The zero-order chi connectivity index (χ0) is 23.8. The number of hydrazine groups is 1. The Labute approximate surface area is 190 Å². The van der Waals surface area contributed by atoms with E-state index in [1.165, 1.54) is 26.0 Å². The lowest BCUT2D eigenvalue weighted by Gasteiger charge is -2.23. The number of halogens is 2. The maximum Gasteiger partial charge on any atom is 0.221 e. The maximum absolute atomic E-state index is 14.5. The number of pyridine rings is 1. The number of rotatable bonds is 7. The van der Waals surface area contributed by atoms with Crippen LogP contribution in [-0.4, -0.2) is 27.6 Å². The van der Waals surface area contributed by atoms with Crippen LogP contribution in [0.1, 0.15) is 19.4 Å². The number of benzene rings is 1. The summed E-state index contributed by atoms with van der Waals surface area (Å²) in [5.41, 5.74) is 8.86. The standard InChI is InChI=1S/C22H25ClFN7O/c1-4-19(24)20(9-13(2)11-23)31(27)22(30-26)18-10-16(12-28-21(18)25)15-5-7-17(8-6-15)29-14(3)32/h4-10,12H,2,11,26-27H2,1,3H3,(H2,25,28)(H,29,32)/b19-4+,20-9+,30-22-. The Morgan fingerprint density at radius 3 is 2.53 bits per heavy atom. The second-order valence-electron chi connectivity index (χ2n) is 6.70. The number of amidine groups is 1. The van der Waals surface area contributed by atoms with Crippen molar-refractivity contribution in [3.05, 3.63) is 77.9 Å². The highest BCUT2D eigenvalue weighted by Crippen LogP contribution is 2.26. The highest BCUT2D eigenvalue weighted by Gasteiger charge is 2.21. The van der Waals surface area contributed by atoms with E-state index in [2.05, 4.69) is 22.0 Å². The Morgan fingerprint density at radius 1 is 1.34 bits per heavy atom. The summed E-state index contributed by atoms with van der Waals surface area (Å²) in [6, 6.07) is 8.79. The van der Waals surface area contributed by atoms with E-state index in [1.54, 1.807) is 36.5 Å². The molecule has 8 nitrogen and oxygen atoms in total. The molecule has 10 heteroatoms. The molecule has 0 bridgehead atoms. The number of alkyl halides is 1. The van der Waals surface area contributed by atoms with E-state index in [0.29, 0.717) is 22.4 Å². The van der Waals surface area contributed by atoms with Crippen molar-refractivity contribution >= 4 is 34.8 Å². The summed E-state index contributed by atoms with van der Waals surface area (Å²) < 4.78 is 14.5. The van der Waals surface area contributed by atoms with Crippen LogP contribution in [0.15, 0.2) is 77.5 Å². The van der Waals surface area contributed by atoms with Crippen LogP contribution >= 0.6 is 11.6 Å². The molecule has 0 saturated heterocycles. The molecule has 0 aliphatic carbocycles. The summed E-state index contributed by atoms with van der Waals surface area (Å²) >= 11 is 5.78. The number of nitrogens with one attached hydrogen (secondary N) is 1. The summed E-state index contributed by atoms with van der Waals surface area (Å²) in [5.74, 6) is 11.1. The number of nitrogens with zero attached hydrogens (tertiary/aromatic N) is 3. The van der Waals surface area contributed by atoms with Crippen molar-refractivity contribution < 1.29 is 9.18 Å². The molecule has 1 aromatic heterocycles. The first kappa shape index (κ1) is 24.6. The fourth-order valence-corrected chi connectivity index (χ4v) is 2.85. The molecule has 0 radical (unpaired) electrons. The van der Waals surface area contributed by atoms with Crippen LogP contribution in [0.5, 0.6) is 0 Å². The Bertz CT molecular complexity index is 1090. The Kier molecular flexibility index (Phi) is 8.51. The third-order valence-electron chi connectivity index (χ3n) is 4.32. The van der Waals surface area contributed by atoms with Crippen molar-refractivity contribution in [1.82, 2.24) is 9.99 Å². The van der Waals surface area contributed by atoms with E-state index in [4.69, 9.17) is 29.0 Å². The van der Waals surface area contributed by atoms with Crippen molar-refractivity contribution in [2.75, 3.05) is 16.9 Å². The van der Waals surface area contributed by atoms with Gasteiger partial charge in [-0.2, -0.15) is 5.10 Å². The number of allylic oxidation sites excluding steroid dienone is 4. The second kappa shape index (κ2) is 11.1. The van der Waals surface area contributed by atoms with Crippen molar-refractivity contribution in [1.29, 1.82) is 0 Å². The number of carbonyl (C=O) groups is 1. The van der Waals surface area contributed by atoms with Gasteiger partial charge in [-0.05, 0) is 48.4 Å². The second-order valence-corrected chi connectivity index (χ2v) is 6.96. The maximum atomic E-state index is 14.5. The summed E-state index contributed by atoms with van der Waals surface area (Å²) in [6.07, 6.45) is 4.19. The fourth-order valence-electron chi connectivity index (χ4n) is 2.77. The summed E-state index contributed by atoms with van der Waals surface area (Å²) in [6.45, 7) is 6.69. The highest BCUT2D eigenvalue weighted by atomic mass is 35.5. The Balaban J connectivity index is 2.49. The molecule has 32 heavy (non-hydrogen) atoms. The van der Waals surface area contributed by atoms with Gasteiger partial charge in [0.2, 0.25) is 5.91 Å². The van der Waals surface area contributed by atoms with Gasteiger partial charge in [0.25, 0.3) is 0 Å². The zero-order valence-electron chi connectivity index (χ0n) is 17.8. The minimum absolute atomic E-state index is 0.0164. The van der Waals surface area contributed by atoms with Gasteiger partial charge in [-0.3, -0.25) is 9.80 Å². The van der Waals surface area contributed by atoms with E-state index in [1.807, 2.05) is 0 Å². The SMILES string of the molecule is C=C(/C=C(\C(F)=C/C)N(N)/C(=N\N)c1cc(-c2ccc(NC(C)=O)cc2)cnc1N)CCl. The van der Waals surface area contributed by atoms with Gasteiger partial charge < -0.3 is 16.9 Å². The minimum atomic E-state index is -0.629. The van der Waals surface area contributed by atoms with Crippen LogP contribution < -0.4 is 22.7 Å². The van der Waals surface area contributed by atoms with Crippen molar-refractivity contribution in [3.8, 4) is 11.1 Å². The number of carbonyl (C=O) groups excluding carboxylic acids is 1. The lowest BCUT2D eigenvalue weighted by atomic mass is 10.0. The number of amides is 1. The molecule has 0 aliphatic rings. The molecular weight excluding hydrogens is 433 g/mol. The number of hydrazone groups is 1. The number of hydrogen-bond acceptors (Lipinski definition) is 6. The summed E-state index contributed by atoms with van der Waals surface area (Å²) in [5, 5.41) is 7.38. The molecular formula is C22H25ClFN7O. The third kappa shape index (κ3) is 5.93. The van der Waals surface area contributed by atoms with E-state index < -0.39 is 5.83 Å². The van der Waals surface area contributed by atoms with Gasteiger partial charge in [0.1, 0.15) is 11.6 Å². The molecule has 0 fully saturated rings. The first-order chi connectivity index (χ1) is 15.2. The molecule has 1 aromatic carbocycles. The molecule has 2 rings (SSSR count). The van der Waals surface area contributed by atoms with Gasteiger partial charge >= 0.3 is 0 Å². The highest BCUT2D eigenvalue weighted by molar-refractivity contribution is 6.19. The smallest absolute Gasteiger partial charge is 0.221 e. The average Bonchev–Trinajstić information content (AvgIpc) is 2.78. The molecule has 168 valence electrons. The number of nitrogens with two attached hydrogens (primary N) is 3. The normalized spacial score (nSPS) is 12.5. The van der Waals surface area contributed by atoms with E-state index >= 15 is 0 Å². The van der Waals surface area contributed by atoms with Crippen molar-refractivity contribution in [3.63, 3.8) is 0 Å². The monoisotopic (exact) mass is 457 g/mol. The van der Waals surface area contributed by atoms with E-state index in [0.717, 1.165) is 10.6 Å². The van der Waals surface area contributed by atoms with Gasteiger partial charge in [-0.1, -0.05) is 18.7 Å². The van der Waals surface area contributed by atoms with Crippen LogP contribution in [0.25, 0.3) is 11.1 Å². The largest absolute Gasteiger partial charge is 0.383 e. The van der Waals surface area contributed by atoms with Crippen LogP contribution in [0, 0.1) is 0 Å². The molecule has 0 atom stereocenters. The number of hydrogen-bond donors (Lipinski definition) is 4. The molecule has 1 amide bonds. The third-order valence-corrected chi connectivity index (χ3v) is 4.66. The predicted octanol–water partition coefficient (Wildman–Crippen LogP) is 3.64. The van der Waals surface area contributed by atoms with E-state index in [-0.39, 0.29) is 29.1 Å². The first-order valence-electron chi connectivity index (χ1n) is 9.46. The van der Waals surface area contributed by atoms with Crippen molar-refractivity contribution in [2.45, 2.75) is 13.8 Å². The predicted molar refractivity (Wildman–Crippen MR) is 128 cm³/mol. The minimum Gasteiger partial charge on any atom is -0.383 e. The van der Waals surface area contributed by atoms with Gasteiger partial charge in [0.15, 0.2) is 5.84 Å². The van der Waals surface area contributed by atoms with Crippen molar-refractivity contribution in [2.24, 2.45) is 16.8 Å². The zero-order valence-corrected chi connectivity index (χ0v) is 18.5. The quantitative estimate of drug-likeness (QED) is 0.125. The summed E-state index contributed by atoms with van der Waals surface area (Å²) in [7, 11) is 0.